The molecule has 2 nitrogen and oxygen atoms in total. The predicted octanol–water partition coefficient (Wildman–Crippen LogP) is 3.72. The van der Waals surface area contributed by atoms with Gasteiger partial charge in [0.15, 0.2) is 0 Å². The lowest BCUT2D eigenvalue weighted by Gasteiger charge is -2.02. The largest absolute Gasteiger partial charge is 0.286 e. The maximum absolute atomic E-state index is 11.3. The van der Waals surface area contributed by atoms with Gasteiger partial charge in [-0.25, -0.2) is 0 Å². The lowest BCUT2D eigenvalue weighted by molar-refractivity contribution is 0.0941. The van der Waals surface area contributed by atoms with Crippen molar-refractivity contribution >= 4 is 44.3 Å². The van der Waals surface area contributed by atoms with Gasteiger partial charge in [-0.3, -0.25) is 9.36 Å². The van der Waals surface area contributed by atoms with E-state index in [1.807, 2.05) is 12.1 Å². The van der Waals surface area contributed by atoms with Crippen molar-refractivity contribution in [2.75, 3.05) is 0 Å². The molecule has 2 aromatic rings. The number of benzene rings is 1. The number of aromatic nitrogens is 1. The van der Waals surface area contributed by atoms with E-state index in [0.717, 1.165) is 15.4 Å². The van der Waals surface area contributed by atoms with Crippen molar-refractivity contribution in [3.8, 4) is 0 Å². The summed E-state index contributed by atoms with van der Waals surface area (Å²) in [4.78, 5) is 11.3. The minimum atomic E-state index is -0.0111. The Morgan fingerprint density at radius 2 is 2.21 bits per heavy atom. The molecule has 0 unspecified atom stereocenters. The molecule has 0 radical (unpaired) electrons. The quantitative estimate of drug-likeness (QED) is 0.716. The minimum absolute atomic E-state index is 0.0111. The van der Waals surface area contributed by atoms with Crippen molar-refractivity contribution in [1.29, 1.82) is 0 Å². The summed E-state index contributed by atoms with van der Waals surface area (Å²) in [6.45, 7) is 1.53. The summed E-state index contributed by atoms with van der Waals surface area (Å²) in [6.07, 6.45) is 1.74. The van der Waals surface area contributed by atoms with Crippen molar-refractivity contribution in [3.05, 3.63) is 33.9 Å². The Hall–Kier alpha value is -0.800. The third kappa shape index (κ3) is 1.47. The normalized spacial score (nSPS) is 10.8. The van der Waals surface area contributed by atoms with E-state index in [1.54, 1.807) is 16.8 Å². The Morgan fingerprint density at radius 1 is 1.50 bits per heavy atom. The molecule has 0 aliphatic carbocycles. The lowest BCUT2D eigenvalue weighted by atomic mass is 10.2. The van der Waals surface area contributed by atoms with Crippen LogP contribution in [0.4, 0.5) is 0 Å². The maximum atomic E-state index is 11.3. The molecular formula is C10H7BrClNO. The minimum Gasteiger partial charge on any atom is -0.286 e. The molecule has 0 bridgehead atoms. The van der Waals surface area contributed by atoms with Gasteiger partial charge in [0.25, 0.3) is 0 Å². The van der Waals surface area contributed by atoms with Crippen LogP contribution in [0, 0.1) is 0 Å². The van der Waals surface area contributed by atoms with Crippen LogP contribution in [0.5, 0.6) is 0 Å². The molecule has 4 heteroatoms. The van der Waals surface area contributed by atoms with Crippen LogP contribution in [0.25, 0.3) is 10.9 Å². The van der Waals surface area contributed by atoms with E-state index >= 15 is 0 Å². The van der Waals surface area contributed by atoms with Gasteiger partial charge < -0.3 is 0 Å². The van der Waals surface area contributed by atoms with Crippen LogP contribution in [-0.4, -0.2) is 10.5 Å². The van der Waals surface area contributed by atoms with Gasteiger partial charge in [-0.15, -0.1) is 0 Å². The van der Waals surface area contributed by atoms with Gasteiger partial charge in [0.2, 0.25) is 5.91 Å². The van der Waals surface area contributed by atoms with Crippen molar-refractivity contribution in [3.63, 3.8) is 0 Å². The van der Waals surface area contributed by atoms with Crippen LogP contribution in [-0.2, 0) is 0 Å². The molecule has 0 fully saturated rings. The zero-order valence-electron chi connectivity index (χ0n) is 7.42. The van der Waals surface area contributed by atoms with Crippen molar-refractivity contribution in [2.45, 2.75) is 6.92 Å². The molecule has 0 atom stereocenters. The molecule has 0 aliphatic heterocycles. The number of carbonyl (C=O) groups excluding carboxylic acids is 1. The lowest BCUT2D eigenvalue weighted by Crippen LogP contribution is -2.03. The SMILES string of the molecule is CC(=O)n1ccc2cc(Cl)cc(Br)c21. The molecule has 1 heterocycles. The summed E-state index contributed by atoms with van der Waals surface area (Å²) in [5, 5.41) is 1.62. The highest BCUT2D eigenvalue weighted by Gasteiger charge is 2.08. The number of fused-ring (bicyclic) bond motifs is 1. The number of carbonyl (C=O) groups is 1. The van der Waals surface area contributed by atoms with Gasteiger partial charge >= 0.3 is 0 Å². The fourth-order valence-electron chi connectivity index (χ4n) is 1.46. The highest BCUT2D eigenvalue weighted by Crippen LogP contribution is 2.28. The zero-order chi connectivity index (χ0) is 10.3. The summed E-state index contributed by atoms with van der Waals surface area (Å²) in [6, 6.07) is 5.48. The molecule has 0 N–H and O–H groups in total. The summed E-state index contributed by atoms with van der Waals surface area (Å²) >= 11 is 9.28. The fraction of sp³-hybridized carbons (Fsp3) is 0.100. The van der Waals surface area contributed by atoms with E-state index < -0.39 is 0 Å². The fourth-order valence-corrected chi connectivity index (χ4v) is 2.48. The second kappa shape index (κ2) is 3.41. The van der Waals surface area contributed by atoms with Gasteiger partial charge in [-0.2, -0.15) is 0 Å². The molecule has 0 saturated carbocycles. The van der Waals surface area contributed by atoms with Crippen molar-refractivity contribution in [1.82, 2.24) is 4.57 Å². The Balaban J connectivity index is 2.85. The molecule has 0 spiro atoms. The number of hydrogen-bond donors (Lipinski definition) is 0. The monoisotopic (exact) mass is 271 g/mol. The molecule has 1 aromatic carbocycles. The first-order valence-corrected chi connectivity index (χ1v) is 5.24. The van der Waals surface area contributed by atoms with Gasteiger partial charge in [0.1, 0.15) is 0 Å². The average Bonchev–Trinajstić information content (AvgIpc) is 2.47. The van der Waals surface area contributed by atoms with E-state index in [9.17, 15) is 4.79 Å². The summed E-state index contributed by atoms with van der Waals surface area (Å²) in [5.41, 5.74) is 0.863. The first kappa shape index (κ1) is 9.74. The second-order valence-electron chi connectivity index (χ2n) is 3.03. The zero-order valence-corrected chi connectivity index (χ0v) is 9.76. The van der Waals surface area contributed by atoms with Gasteiger partial charge in [0.05, 0.1) is 5.52 Å². The number of nitrogens with zero attached hydrogens (tertiary/aromatic N) is 1. The third-order valence-corrected chi connectivity index (χ3v) is 2.86. The molecular weight excluding hydrogens is 265 g/mol. The van der Waals surface area contributed by atoms with Gasteiger partial charge in [-0.05, 0) is 34.1 Å². The number of halogens is 2. The predicted molar refractivity (Wildman–Crippen MR) is 60.9 cm³/mol. The topological polar surface area (TPSA) is 22.0 Å². The summed E-state index contributed by atoms with van der Waals surface area (Å²) < 4.78 is 2.43. The summed E-state index contributed by atoms with van der Waals surface area (Å²) in [7, 11) is 0. The second-order valence-corrected chi connectivity index (χ2v) is 4.32. The van der Waals surface area contributed by atoms with Crippen LogP contribution in [0.1, 0.15) is 11.7 Å². The highest BCUT2D eigenvalue weighted by molar-refractivity contribution is 9.10. The third-order valence-electron chi connectivity index (χ3n) is 2.04. The van der Waals surface area contributed by atoms with Crippen molar-refractivity contribution < 1.29 is 4.79 Å². The van der Waals surface area contributed by atoms with Gasteiger partial charge in [-0.1, -0.05) is 11.6 Å². The van der Waals surface area contributed by atoms with Crippen LogP contribution in [0.15, 0.2) is 28.9 Å². The van der Waals surface area contributed by atoms with E-state index in [4.69, 9.17) is 11.6 Å². The first-order chi connectivity index (χ1) is 6.59. The number of rotatable bonds is 0. The van der Waals surface area contributed by atoms with Crippen LogP contribution in [0.2, 0.25) is 5.02 Å². The standard InChI is InChI=1S/C10H7BrClNO/c1-6(14)13-3-2-7-4-8(12)5-9(11)10(7)13/h2-5H,1H3. The molecule has 0 saturated heterocycles. The molecule has 14 heavy (non-hydrogen) atoms. The molecule has 0 amide bonds. The van der Waals surface area contributed by atoms with E-state index in [0.29, 0.717) is 5.02 Å². The van der Waals surface area contributed by atoms with Crippen molar-refractivity contribution in [2.24, 2.45) is 0 Å². The average molecular weight is 273 g/mol. The number of hydrogen-bond acceptors (Lipinski definition) is 1. The van der Waals surface area contributed by atoms with Crippen LogP contribution < -0.4 is 0 Å². The Labute approximate surface area is 94.6 Å². The molecule has 0 aliphatic rings. The Kier molecular flexibility index (Phi) is 2.37. The first-order valence-electron chi connectivity index (χ1n) is 4.06. The molecule has 72 valence electrons. The van der Waals surface area contributed by atoms with E-state index in [-0.39, 0.29) is 5.91 Å². The van der Waals surface area contributed by atoms with Crippen LogP contribution in [0.3, 0.4) is 0 Å². The van der Waals surface area contributed by atoms with Gasteiger partial charge in [0, 0.05) is 28.0 Å². The molecule has 2 rings (SSSR count). The highest BCUT2D eigenvalue weighted by atomic mass is 79.9. The molecule has 1 aromatic heterocycles. The Morgan fingerprint density at radius 3 is 2.86 bits per heavy atom. The van der Waals surface area contributed by atoms with E-state index in [1.165, 1.54) is 6.92 Å². The van der Waals surface area contributed by atoms with Crippen LogP contribution >= 0.6 is 27.5 Å². The summed E-state index contributed by atoms with van der Waals surface area (Å²) in [5.74, 6) is -0.0111. The maximum Gasteiger partial charge on any atom is 0.227 e. The van der Waals surface area contributed by atoms with E-state index in [2.05, 4.69) is 15.9 Å². The smallest absolute Gasteiger partial charge is 0.227 e. The Bertz CT molecular complexity index is 518.